The summed E-state index contributed by atoms with van der Waals surface area (Å²) in [5.74, 6) is 0.0735. The molecule has 3 rings (SSSR count). The second-order valence-corrected chi connectivity index (χ2v) is 5.53. The number of fused-ring (bicyclic) bond motifs is 1. The summed E-state index contributed by atoms with van der Waals surface area (Å²) >= 11 is 3.22. The van der Waals surface area contributed by atoms with E-state index in [-0.39, 0.29) is 5.82 Å². The van der Waals surface area contributed by atoms with Crippen LogP contribution in [0.5, 0.6) is 0 Å². The molecule has 0 amide bonds. The predicted octanol–water partition coefficient (Wildman–Crippen LogP) is 3.13. The molecule has 0 unspecified atom stereocenters. The molecule has 0 fully saturated rings. The molecule has 2 aromatic rings. The zero-order valence-corrected chi connectivity index (χ0v) is 11.8. The van der Waals surface area contributed by atoms with Crippen LogP contribution in [0, 0.1) is 5.82 Å². The van der Waals surface area contributed by atoms with Gasteiger partial charge in [0.1, 0.15) is 0 Å². The number of aromatic nitrogens is 1. The summed E-state index contributed by atoms with van der Waals surface area (Å²) in [5, 5.41) is 0. The van der Waals surface area contributed by atoms with E-state index in [0.717, 1.165) is 24.2 Å². The fourth-order valence-electron chi connectivity index (χ4n) is 2.43. The van der Waals surface area contributed by atoms with E-state index < -0.39 is 0 Å². The minimum absolute atomic E-state index is 0.313. The Kier molecular flexibility index (Phi) is 3.14. The second kappa shape index (κ2) is 4.81. The van der Waals surface area contributed by atoms with Crippen molar-refractivity contribution < 1.29 is 4.39 Å². The van der Waals surface area contributed by atoms with Gasteiger partial charge in [-0.2, -0.15) is 0 Å². The third-order valence-corrected chi connectivity index (χ3v) is 3.83. The van der Waals surface area contributed by atoms with Crippen LogP contribution >= 0.6 is 15.9 Å². The van der Waals surface area contributed by atoms with Crippen LogP contribution in [0.15, 0.2) is 34.9 Å². The number of nitrogens with zero attached hydrogens (tertiary/aromatic N) is 2. The standard InChI is InChI=1S/C14H13BrFN3/c15-10-6-12(16)14(18-7-10)19-5-4-9-2-1-3-13(17)11(9)8-19/h1-3,6-7H,4-5,8,17H2. The Labute approximate surface area is 119 Å². The first-order valence-corrected chi connectivity index (χ1v) is 6.86. The van der Waals surface area contributed by atoms with Crippen molar-refractivity contribution in [1.29, 1.82) is 0 Å². The minimum atomic E-state index is -0.313. The summed E-state index contributed by atoms with van der Waals surface area (Å²) in [6.45, 7) is 1.36. The molecule has 2 heterocycles. The molecule has 0 saturated carbocycles. The molecule has 1 aliphatic rings. The summed E-state index contributed by atoms with van der Waals surface area (Å²) in [5.41, 5.74) is 9.08. The van der Waals surface area contributed by atoms with Gasteiger partial charge in [0.15, 0.2) is 11.6 Å². The first-order valence-electron chi connectivity index (χ1n) is 6.07. The monoisotopic (exact) mass is 321 g/mol. The van der Waals surface area contributed by atoms with E-state index in [9.17, 15) is 4.39 Å². The number of anilines is 2. The number of benzene rings is 1. The van der Waals surface area contributed by atoms with Gasteiger partial charge in [-0.25, -0.2) is 9.37 Å². The largest absolute Gasteiger partial charge is 0.398 e. The maximum absolute atomic E-state index is 13.9. The Balaban J connectivity index is 1.95. The van der Waals surface area contributed by atoms with Gasteiger partial charge in [0, 0.05) is 29.4 Å². The highest BCUT2D eigenvalue weighted by Gasteiger charge is 2.21. The number of pyridine rings is 1. The average molecular weight is 322 g/mol. The third-order valence-electron chi connectivity index (χ3n) is 3.40. The summed E-state index contributed by atoms with van der Waals surface area (Å²) in [4.78, 5) is 6.10. The lowest BCUT2D eigenvalue weighted by Gasteiger charge is -2.30. The smallest absolute Gasteiger partial charge is 0.166 e. The molecule has 0 radical (unpaired) electrons. The van der Waals surface area contributed by atoms with Crippen LogP contribution in [-0.4, -0.2) is 11.5 Å². The molecule has 1 aliphatic heterocycles. The Morgan fingerprint density at radius 1 is 1.37 bits per heavy atom. The van der Waals surface area contributed by atoms with Gasteiger partial charge in [-0.1, -0.05) is 12.1 Å². The first kappa shape index (κ1) is 12.4. The zero-order chi connectivity index (χ0) is 13.4. The molecule has 1 aromatic heterocycles. The van der Waals surface area contributed by atoms with Crippen molar-refractivity contribution >= 4 is 27.4 Å². The van der Waals surface area contributed by atoms with Crippen LogP contribution < -0.4 is 10.6 Å². The van der Waals surface area contributed by atoms with Crippen molar-refractivity contribution in [1.82, 2.24) is 4.98 Å². The molecule has 3 nitrogen and oxygen atoms in total. The fraction of sp³-hybridized carbons (Fsp3) is 0.214. The fourth-order valence-corrected chi connectivity index (χ4v) is 2.73. The van der Waals surface area contributed by atoms with E-state index in [4.69, 9.17) is 5.73 Å². The molecule has 0 bridgehead atoms. The molecule has 19 heavy (non-hydrogen) atoms. The molecule has 0 saturated heterocycles. The van der Waals surface area contributed by atoms with Crippen LogP contribution in [0.25, 0.3) is 0 Å². The van der Waals surface area contributed by atoms with Gasteiger partial charge < -0.3 is 10.6 Å². The van der Waals surface area contributed by atoms with E-state index in [2.05, 4.69) is 27.0 Å². The Bertz CT molecular complexity index is 630. The van der Waals surface area contributed by atoms with Gasteiger partial charge in [-0.05, 0) is 45.6 Å². The third kappa shape index (κ3) is 2.30. The zero-order valence-electron chi connectivity index (χ0n) is 10.2. The minimum Gasteiger partial charge on any atom is -0.398 e. The van der Waals surface area contributed by atoms with Crippen LogP contribution in [-0.2, 0) is 13.0 Å². The number of nitrogens with two attached hydrogens (primary N) is 1. The summed E-state index contributed by atoms with van der Waals surface area (Å²) in [6.07, 6.45) is 2.47. The van der Waals surface area contributed by atoms with Crippen molar-refractivity contribution in [2.75, 3.05) is 17.2 Å². The van der Waals surface area contributed by atoms with Gasteiger partial charge in [0.2, 0.25) is 0 Å². The number of nitrogen functional groups attached to an aromatic ring is 1. The lowest BCUT2D eigenvalue weighted by molar-refractivity contribution is 0.600. The van der Waals surface area contributed by atoms with Crippen LogP contribution in [0.3, 0.4) is 0 Å². The topological polar surface area (TPSA) is 42.1 Å². The Morgan fingerprint density at radius 2 is 2.21 bits per heavy atom. The van der Waals surface area contributed by atoms with Crippen LogP contribution in [0.2, 0.25) is 0 Å². The summed E-state index contributed by atoms with van der Waals surface area (Å²) in [6, 6.07) is 7.36. The number of hydrogen-bond donors (Lipinski definition) is 1. The average Bonchev–Trinajstić information content (AvgIpc) is 2.39. The van der Waals surface area contributed by atoms with E-state index >= 15 is 0 Å². The highest BCUT2D eigenvalue weighted by atomic mass is 79.9. The highest BCUT2D eigenvalue weighted by molar-refractivity contribution is 9.10. The number of halogens is 2. The first-order chi connectivity index (χ1) is 9.15. The molecular weight excluding hydrogens is 309 g/mol. The molecular formula is C14H13BrFN3. The Hall–Kier alpha value is -1.62. The summed E-state index contributed by atoms with van der Waals surface area (Å²) < 4.78 is 14.6. The van der Waals surface area contributed by atoms with E-state index in [1.165, 1.54) is 11.6 Å². The summed E-state index contributed by atoms with van der Waals surface area (Å²) in [7, 11) is 0. The van der Waals surface area contributed by atoms with Crippen molar-refractivity contribution in [2.45, 2.75) is 13.0 Å². The predicted molar refractivity (Wildman–Crippen MR) is 77.5 cm³/mol. The molecule has 0 atom stereocenters. The molecule has 2 N–H and O–H groups in total. The number of hydrogen-bond acceptors (Lipinski definition) is 3. The van der Waals surface area contributed by atoms with Gasteiger partial charge in [-0.3, -0.25) is 0 Å². The SMILES string of the molecule is Nc1cccc2c1CN(c1ncc(Br)cc1F)CC2. The van der Waals surface area contributed by atoms with E-state index in [1.807, 2.05) is 17.0 Å². The normalized spacial score (nSPS) is 14.3. The van der Waals surface area contributed by atoms with Gasteiger partial charge >= 0.3 is 0 Å². The molecule has 0 spiro atoms. The van der Waals surface area contributed by atoms with Gasteiger partial charge in [0.05, 0.1) is 0 Å². The lowest BCUT2D eigenvalue weighted by Crippen LogP contribution is -2.32. The van der Waals surface area contributed by atoms with Gasteiger partial charge in [-0.15, -0.1) is 0 Å². The Morgan fingerprint density at radius 3 is 3.00 bits per heavy atom. The maximum Gasteiger partial charge on any atom is 0.166 e. The van der Waals surface area contributed by atoms with Crippen LogP contribution in [0.4, 0.5) is 15.9 Å². The quantitative estimate of drug-likeness (QED) is 0.820. The van der Waals surface area contributed by atoms with Crippen molar-refractivity contribution in [3.63, 3.8) is 0 Å². The lowest BCUT2D eigenvalue weighted by atomic mass is 9.98. The number of rotatable bonds is 1. The van der Waals surface area contributed by atoms with Gasteiger partial charge in [0.25, 0.3) is 0 Å². The molecule has 5 heteroatoms. The molecule has 1 aromatic carbocycles. The van der Waals surface area contributed by atoms with Crippen molar-refractivity contribution in [3.8, 4) is 0 Å². The van der Waals surface area contributed by atoms with Crippen molar-refractivity contribution in [2.24, 2.45) is 0 Å². The molecule has 98 valence electrons. The highest BCUT2D eigenvalue weighted by Crippen LogP contribution is 2.29. The van der Waals surface area contributed by atoms with E-state index in [0.29, 0.717) is 16.8 Å². The maximum atomic E-state index is 13.9. The second-order valence-electron chi connectivity index (χ2n) is 4.62. The van der Waals surface area contributed by atoms with Crippen molar-refractivity contribution in [3.05, 3.63) is 51.9 Å². The van der Waals surface area contributed by atoms with Crippen LogP contribution in [0.1, 0.15) is 11.1 Å². The van der Waals surface area contributed by atoms with E-state index in [1.54, 1.807) is 6.20 Å². The molecule has 0 aliphatic carbocycles.